The molecule has 1 unspecified atom stereocenters. The summed E-state index contributed by atoms with van der Waals surface area (Å²) in [6, 6.07) is 8.64. The Kier molecular flexibility index (Phi) is 3.42. The molecule has 2 saturated carbocycles. The smallest absolute Gasteiger partial charge is 0.265 e. The Hall–Kier alpha value is -2.28. The van der Waals surface area contributed by atoms with Gasteiger partial charge in [-0.3, -0.25) is 14.6 Å². The summed E-state index contributed by atoms with van der Waals surface area (Å²) >= 11 is 0. The normalized spacial score (nSPS) is 26.0. The van der Waals surface area contributed by atoms with Crippen LogP contribution in [0.2, 0.25) is 0 Å². The van der Waals surface area contributed by atoms with Gasteiger partial charge in [-0.15, -0.1) is 0 Å². The van der Waals surface area contributed by atoms with Crippen molar-refractivity contribution in [1.82, 2.24) is 9.71 Å². The van der Waals surface area contributed by atoms with Crippen molar-refractivity contribution in [3.63, 3.8) is 0 Å². The van der Waals surface area contributed by atoms with E-state index in [4.69, 9.17) is 0 Å². The molecule has 2 aromatic rings. The monoisotopic (exact) mass is 344 g/mol. The third-order valence-electron chi connectivity index (χ3n) is 5.01. The van der Waals surface area contributed by atoms with Crippen molar-refractivity contribution in [2.24, 2.45) is 17.8 Å². The van der Waals surface area contributed by atoms with E-state index in [0.717, 1.165) is 0 Å². The van der Waals surface area contributed by atoms with Gasteiger partial charge in [-0.25, -0.2) is 13.1 Å². The summed E-state index contributed by atoms with van der Waals surface area (Å²) in [7, 11) is -4.00. The Morgan fingerprint density at radius 1 is 1.21 bits per heavy atom. The van der Waals surface area contributed by atoms with Gasteiger partial charge in [0.05, 0.1) is 5.52 Å². The quantitative estimate of drug-likeness (QED) is 0.914. The summed E-state index contributed by atoms with van der Waals surface area (Å²) in [5.74, 6) is -1.12. The Balaban J connectivity index is 1.58. The lowest BCUT2D eigenvalue weighted by Crippen LogP contribution is -2.39. The van der Waals surface area contributed by atoms with Crippen LogP contribution in [0.3, 0.4) is 0 Å². The molecule has 3 atom stereocenters. The van der Waals surface area contributed by atoms with Crippen LogP contribution in [-0.2, 0) is 19.6 Å². The van der Waals surface area contributed by atoms with E-state index >= 15 is 0 Å². The average Bonchev–Trinajstić information content (AvgIpc) is 3.13. The number of pyridine rings is 1. The molecule has 24 heavy (non-hydrogen) atoms. The molecule has 0 saturated heterocycles. The topological polar surface area (TPSA) is 93.2 Å². The first-order valence-corrected chi connectivity index (χ1v) is 9.36. The van der Waals surface area contributed by atoms with E-state index in [1.165, 1.54) is 12.3 Å². The van der Waals surface area contributed by atoms with E-state index in [1.54, 1.807) is 18.2 Å². The highest BCUT2D eigenvalue weighted by molar-refractivity contribution is 7.90. The van der Waals surface area contributed by atoms with Gasteiger partial charge in [0.15, 0.2) is 0 Å². The van der Waals surface area contributed by atoms with Crippen LogP contribution in [0.5, 0.6) is 0 Å². The van der Waals surface area contributed by atoms with Crippen LogP contribution in [0.15, 0.2) is 41.4 Å². The summed E-state index contributed by atoms with van der Waals surface area (Å²) in [5.41, 5.74) is 0.682. The van der Waals surface area contributed by atoms with E-state index < -0.39 is 21.8 Å². The van der Waals surface area contributed by atoms with Crippen molar-refractivity contribution in [1.29, 1.82) is 0 Å². The molecule has 1 aromatic carbocycles. The molecule has 7 heteroatoms. The Morgan fingerprint density at radius 2 is 2.00 bits per heavy atom. The summed E-state index contributed by atoms with van der Waals surface area (Å²) in [4.78, 5) is 28.2. The number of aromatic nitrogens is 1. The number of hydrogen-bond acceptors (Lipinski definition) is 5. The predicted molar refractivity (Wildman–Crippen MR) is 86.4 cm³/mol. The second kappa shape index (κ2) is 5.37. The van der Waals surface area contributed by atoms with E-state index in [0.29, 0.717) is 30.2 Å². The molecule has 1 aromatic heterocycles. The van der Waals surface area contributed by atoms with Crippen LogP contribution in [0.4, 0.5) is 0 Å². The van der Waals surface area contributed by atoms with Crippen molar-refractivity contribution in [3.05, 3.63) is 36.5 Å². The summed E-state index contributed by atoms with van der Waals surface area (Å²) in [6.07, 6.45) is 3.06. The molecule has 6 nitrogen and oxygen atoms in total. The Bertz CT molecular complexity index is 954. The fraction of sp³-hybridized carbons (Fsp3) is 0.353. The fourth-order valence-corrected chi connectivity index (χ4v) is 4.86. The number of carbonyl (C=O) groups excluding carboxylic acids is 2. The predicted octanol–water partition coefficient (Wildman–Crippen LogP) is 1.65. The third-order valence-corrected chi connectivity index (χ3v) is 6.32. The van der Waals surface area contributed by atoms with Crippen LogP contribution in [0.25, 0.3) is 10.9 Å². The standard InChI is InChI=1S/C17H16N2O4S/c20-16-7-10-5-13(16)14(6-10)17(21)19-24(22,23)12-8-11-3-1-2-4-15(11)18-9-12/h1-4,8-10,13-14H,5-7H2,(H,19,21)/t10-,13+,14?/m0/s1. The van der Waals surface area contributed by atoms with E-state index in [9.17, 15) is 18.0 Å². The molecular weight excluding hydrogens is 328 g/mol. The first kappa shape index (κ1) is 15.3. The molecule has 4 rings (SSSR count). The van der Waals surface area contributed by atoms with Gasteiger partial charge in [-0.2, -0.15) is 0 Å². The highest BCUT2D eigenvalue weighted by Crippen LogP contribution is 2.46. The van der Waals surface area contributed by atoms with Gasteiger partial charge in [0.25, 0.3) is 10.0 Å². The number of ketones is 1. The zero-order valence-corrected chi connectivity index (χ0v) is 13.6. The van der Waals surface area contributed by atoms with Crippen molar-refractivity contribution in [3.8, 4) is 0 Å². The fourth-order valence-electron chi connectivity index (χ4n) is 3.86. The number of benzene rings is 1. The number of amides is 1. The highest BCUT2D eigenvalue weighted by atomic mass is 32.2. The van der Waals surface area contributed by atoms with Gasteiger partial charge < -0.3 is 0 Å². The second-order valence-corrected chi connectivity index (χ2v) is 8.24. The number of sulfonamides is 1. The molecule has 1 amide bonds. The Morgan fingerprint density at radius 3 is 2.75 bits per heavy atom. The molecule has 1 heterocycles. The van der Waals surface area contributed by atoms with E-state index in [1.807, 2.05) is 6.07 Å². The number of carbonyl (C=O) groups is 2. The minimum absolute atomic E-state index is 0.0518. The summed E-state index contributed by atoms with van der Waals surface area (Å²) in [6.45, 7) is 0. The second-order valence-electron chi connectivity index (χ2n) is 6.55. The molecule has 2 aliphatic rings. The van der Waals surface area contributed by atoms with Gasteiger partial charge in [-0.05, 0) is 30.9 Å². The lowest BCUT2D eigenvalue weighted by Gasteiger charge is -2.19. The largest absolute Gasteiger partial charge is 0.299 e. The maximum Gasteiger partial charge on any atom is 0.265 e. The minimum Gasteiger partial charge on any atom is -0.299 e. The van der Waals surface area contributed by atoms with Crippen molar-refractivity contribution < 1.29 is 18.0 Å². The highest BCUT2D eigenvalue weighted by Gasteiger charge is 2.49. The third kappa shape index (κ3) is 2.49. The molecule has 2 aliphatic carbocycles. The maximum absolute atomic E-state index is 12.5. The molecule has 2 fully saturated rings. The van der Waals surface area contributed by atoms with Crippen molar-refractivity contribution >= 4 is 32.6 Å². The molecule has 0 spiro atoms. The number of Topliss-reactive ketones (excluding diaryl/α,β-unsaturated/α-hetero) is 1. The molecule has 124 valence electrons. The molecular formula is C17H16N2O4S. The molecule has 1 N–H and O–H groups in total. The lowest BCUT2D eigenvalue weighted by molar-refractivity contribution is -0.132. The minimum atomic E-state index is -4.00. The van der Waals surface area contributed by atoms with Gasteiger partial charge in [-0.1, -0.05) is 18.2 Å². The number of hydrogen-bond donors (Lipinski definition) is 1. The number of para-hydroxylation sites is 1. The van der Waals surface area contributed by atoms with Crippen LogP contribution in [0.1, 0.15) is 19.3 Å². The lowest BCUT2D eigenvalue weighted by atomic mass is 9.87. The number of nitrogens with one attached hydrogen (secondary N) is 1. The number of nitrogens with zero attached hydrogens (tertiary/aromatic N) is 1. The maximum atomic E-state index is 12.5. The van der Waals surface area contributed by atoms with Gasteiger partial charge in [0.1, 0.15) is 10.7 Å². The van der Waals surface area contributed by atoms with Gasteiger partial charge >= 0.3 is 0 Å². The molecule has 2 bridgehead atoms. The zero-order chi connectivity index (χ0) is 16.9. The number of rotatable bonds is 3. The first-order valence-electron chi connectivity index (χ1n) is 7.88. The van der Waals surface area contributed by atoms with Gasteiger partial charge in [0.2, 0.25) is 5.91 Å². The zero-order valence-electron chi connectivity index (χ0n) is 12.8. The van der Waals surface area contributed by atoms with Crippen LogP contribution in [0, 0.1) is 17.8 Å². The SMILES string of the molecule is O=C(NS(=O)(=O)c1cnc2ccccc2c1)C1C[C@H]2CC(=O)[C@@H]1C2. The Labute approximate surface area is 139 Å². The van der Waals surface area contributed by atoms with Crippen LogP contribution in [-0.4, -0.2) is 25.1 Å². The number of fused-ring (bicyclic) bond motifs is 3. The van der Waals surface area contributed by atoms with Crippen LogP contribution < -0.4 is 4.72 Å². The molecule has 0 radical (unpaired) electrons. The summed E-state index contributed by atoms with van der Waals surface area (Å²) in [5, 5.41) is 0.683. The average molecular weight is 344 g/mol. The van der Waals surface area contributed by atoms with Crippen molar-refractivity contribution in [2.75, 3.05) is 0 Å². The first-order chi connectivity index (χ1) is 11.4. The molecule has 0 aliphatic heterocycles. The van der Waals surface area contributed by atoms with Gasteiger partial charge in [0, 0.05) is 29.8 Å². The van der Waals surface area contributed by atoms with Crippen molar-refractivity contribution in [2.45, 2.75) is 24.2 Å². The van der Waals surface area contributed by atoms with E-state index in [-0.39, 0.29) is 22.5 Å². The summed E-state index contributed by atoms with van der Waals surface area (Å²) < 4.78 is 27.1. The van der Waals surface area contributed by atoms with E-state index in [2.05, 4.69) is 9.71 Å². The van der Waals surface area contributed by atoms with Crippen LogP contribution >= 0.6 is 0 Å².